The Morgan fingerprint density at radius 3 is 2.88 bits per heavy atom. The Morgan fingerprint density at radius 1 is 1.17 bits per heavy atom. The molecule has 0 saturated carbocycles. The molecule has 2 aromatic rings. The van der Waals surface area contributed by atoms with Crippen LogP contribution in [0.3, 0.4) is 0 Å². The van der Waals surface area contributed by atoms with E-state index >= 15 is 0 Å². The van der Waals surface area contributed by atoms with Crippen molar-refractivity contribution in [2.24, 2.45) is 0 Å². The average molecular weight is 327 g/mol. The Labute approximate surface area is 142 Å². The highest BCUT2D eigenvalue weighted by Gasteiger charge is 2.24. The van der Waals surface area contributed by atoms with Gasteiger partial charge in [-0.1, -0.05) is 25.1 Å². The molecule has 1 atom stereocenters. The van der Waals surface area contributed by atoms with Gasteiger partial charge >= 0.3 is 0 Å². The molecule has 1 fully saturated rings. The van der Waals surface area contributed by atoms with E-state index in [-0.39, 0.29) is 0 Å². The fourth-order valence-electron chi connectivity index (χ4n) is 3.92. The minimum Gasteiger partial charge on any atom is -0.381 e. The molecule has 128 valence electrons. The van der Waals surface area contributed by atoms with Crippen molar-refractivity contribution in [1.29, 1.82) is 0 Å². The van der Waals surface area contributed by atoms with Gasteiger partial charge in [-0.25, -0.2) is 4.68 Å². The second kappa shape index (κ2) is 6.89. The van der Waals surface area contributed by atoms with Gasteiger partial charge in [-0.2, -0.15) is 0 Å². The molecule has 0 aliphatic carbocycles. The van der Waals surface area contributed by atoms with Gasteiger partial charge < -0.3 is 9.64 Å². The molecule has 3 heterocycles. The molecule has 1 saturated heterocycles. The number of aromatic nitrogens is 4. The van der Waals surface area contributed by atoms with Gasteiger partial charge in [0, 0.05) is 25.4 Å². The van der Waals surface area contributed by atoms with Gasteiger partial charge in [0.05, 0.1) is 12.6 Å². The van der Waals surface area contributed by atoms with Crippen LogP contribution in [0.15, 0.2) is 24.3 Å². The van der Waals surface area contributed by atoms with E-state index in [1.165, 1.54) is 24.1 Å². The van der Waals surface area contributed by atoms with Gasteiger partial charge in [0.1, 0.15) is 0 Å². The predicted octanol–water partition coefficient (Wildman–Crippen LogP) is 2.93. The Kier molecular flexibility index (Phi) is 4.47. The summed E-state index contributed by atoms with van der Waals surface area (Å²) in [5, 5.41) is 12.6. The van der Waals surface area contributed by atoms with Crippen LogP contribution in [0.1, 0.15) is 56.0 Å². The maximum absolute atomic E-state index is 5.47. The molecule has 1 aromatic heterocycles. The van der Waals surface area contributed by atoms with E-state index in [1.807, 2.05) is 4.68 Å². The first kappa shape index (κ1) is 15.6. The molecule has 0 radical (unpaired) electrons. The lowest BCUT2D eigenvalue weighted by Crippen LogP contribution is -2.28. The summed E-state index contributed by atoms with van der Waals surface area (Å²) in [5.41, 5.74) is 2.78. The number of fused-ring (bicyclic) bond motifs is 1. The fourth-order valence-corrected chi connectivity index (χ4v) is 3.92. The molecule has 6 nitrogen and oxygen atoms in total. The number of nitrogens with zero attached hydrogens (tertiary/aromatic N) is 5. The number of para-hydroxylation sites is 1. The molecule has 2 aliphatic rings. The summed E-state index contributed by atoms with van der Waals surface area (Å²) in [4.78, 5) is 2.44. The summed E-state index contributed by atoms with van der Waals surface area (Å²) in [6.45, 7) is 5.76. The maximum Gasteiger partial charge on any atom is 0.170 e. The standard InChI is InChI=1S/C18H25N5O/c1-14-5-4-10-22(17-7-3-2-6-16(14)17)13-18-19-20-21-23(18)15-8-11-24-12-9-15/h2-3,6-7,14-15H,4-5,8-13H2,1H3. The quantitative estimate of drug-likeness (QED) is 0.867. The second-order valence-electron chi connectivity index (χ2n) is 6.91. The highest BCUT2D eigenvalue weighted by molar-refractivity contribution is 5.55. The molecule has 24 heavy (non-hydrogen) atoms. The van der Waals surface area contributed by atoms with Crippen LogP contribution < -0.4 is 4.90 Å². The largest absolute Gasteiger partial charge is 0.381 e. The SMILES string of the molecule is CC1CCCN(Cc2nnnn2C2CCOCC2)c2ccccc21. The minimum atomic E-state index is 0.366. The topological polar surface area (TPSA) is 56.1 Å². The molecule has 0 N–H and O–H groups in total. The third-order valence-electron chi connectivity index (χ3n) is 5.30. The van der Waals surface area contributed by atoms with Crippen LogP contribution in [0.25, 0.3) is 0 Å². The number of rotatable bonds is 3. The van der Waals surface area contributed by atoms with E-state index in [1.54, 1.807) is 0 Å². The molecular formula is C18H25N5O. The lowest BCUT2D eigenvalue weighted by molar-refractivity contribution is 0.0648. The van der Waals surface area contributed by atoms with Crippen LogP contribution in [0.4, 0.5) is 5.69 Å². The van der Waals surface area contributed by atoms with Crippen LogP contribution in [0.2, 0.25) is 0 Å². The molecular weight excluding hydrogens is 302 g/mol. The summed E-state index contributed by atoms with van der Waals surface area (Å²) in [5.74, 6) is 1.57. The molecule has 0 bridgehead atoms. The summed E-state index contributed by atoms with van der Waals surface area (Å²) in [7, 11) is 0. The van der Waals surface area contributed by atoms with Crippen molar-refractivity contribution in [3.8, 4) is 0 Å². The zero-order valence-corrected chi connectivity index (χ0v) is 14.3. The number of hydrogen-bond donors (Lipinski definition) is 0. The number of benzene rings is 1. The summed E-state index contributed by atoms with van der Waals surface area (Å²) >= 11 is 0. The van der Waals surface area contributed by atoms with E-state index in [0.717, 1.165) is 45.0 Å². The maximum atomic E-state index is 5.47. The first-order chi connectivity index (χ1) is 11.8. The highest BCUT2D eigenvalue weighted by atomic mass is 16.5. The Balaban J connectivity index is 1.59. The predicted molar refractivity (Wildman–Crippen MR) is 92.0 cm³/mol. The van der Waals surface area contributed by atoms with Crippen LogP contribution >= 0.6 is 0 Å². The molecule has 4 rings (SSSR count). The van der Waals surface area contributed by atoms with E-state index in [2.05, 4.69) is 51.6 Å². The van der Waals surface area contributed by atoms with E-state index < -0.39 is 0 Å². The first-order valence-electron chi connectivity index (χ1n) is 9.01. The number of ether oxygens (including phenoxy) is 1. The Hall–Kier alpha value is -1.95. The smallest absolute Gasteiger partial charge is 0.170 e. The molecule has 2 aliphatic heterocycles. The van der Waals surface area contributed by atoms with Gasteiger partial charge in [-0.15, -0.1) is 5.10 Å². The van der Waals surface area contributed by atoms with Gasteiger partial charge in [-0.3, -0.25) is 0 Å². The summed E-state index contributed by atoms with van der Waals surface area (Å²) < 4.78 is 7.50. The van der Waals surface area contributed by atoms with Crippen molar-refractivity contribution in [3.63, 3.8) is 0 Å². The number of tetrazole rings is 1. The minimum absolute atomic E-state index is 0.366. The fraction of sp³-hybridized carbons (Fsp3) is 0.611. The molecule has 1 aromatic carbocycles. The van der Waals surface area contributed by atoms with Crippen LogP contribution in [0.5, 0.6) is 0 Å². The molecule has 0 spiro atoms. The van der Waals surface area contributed by atoms with Gasteiger partial charge in [0.15, 0.2) is 5.82 Å². The summed E-state index contributed by atoms with van der Waals surface area (Å²) in [6.07, 6.45) is 4.42. The Morgan fingerprint density at radius 2 is 2.00 bits per heavy atom. The lowest BCUT2D eigenvalue weighted by atomic mass is 9.96. The van der Waals surface area contributed by atoms with Gasteiger partial charge in [0.25, 0.3) is 0 Å². The molecule has 6 heteroatoms. The van der Waals surface area contributed by atoms with Gasteiger partial charge in [0.2, 0.25) is 0 Å². The van der Waals surface area contributed by atoms with E-state index in [0.29, 0.717) is 12.0 Å². The van der Waals surface area contributed by atoms with E-state index in [9.17, 15) is 0 Å². The highest BCUT2D eigenvalue weighted by Crippen LogP contribution is 2.34. The van der Waals surface area contributed by atoms with Crippen LogP contribution in [-0.2, 0) is 11.3 Å². The van der Waals surface area contributed by atoms with Crippen molar-refractivity contribution in [2.45, 2.75) is 51.1 Å². The zero-order chi connectivity index (χ0) is 16.4. The van der Waals surface area contributed by atoms with Crippen molar-refractivity contribution < 1.29 is 4.74 Å². The molecule has 1 unspecified atom stereocenters. The van der Waals surface area contributed by atoms with Crippen molar-refractivity contribution in [2.75, 3.05) is 24.7 Å². The van der Waals surface area contributed by atoms with Crippen molar-refractivity contribution >= 4 is 5.69 Å². The van der Waals surface area contributed by atoms with Gasteiger partial charge in [-0.05, 0) is 53.7 Å². The second-order valence-corrected chi connectivity index (χ2v) is 6.91. The van der Waals surface area contributed by atoms with Crippen LogP contribution in [-0.4, -0.2) is 40.0 Å². The average Bonchev–Trinajstić information content (AvgIpc) is 3.03. The van der Waals surface area contributed by atoms with Crippen molar-refractivity contribution in [3.05, 3.63) is 35.7 Å². The summed E-state index contributed by atoms with van der Waals surface area (Å²) in [6, 6.07) is 9.14. The zero-order valence-electron chi connectivity index (χ0n) is 14.3. The Bertz CT molecular complexity index is 680. The normalized spacial score (nSPS) is 22.2. The van der Waals surface area contributed by atoms with Crippen molar-refractivity contribution in [1.82, 2.24) is 20.2 Å². The monoisotopic (exact) mass is 327 g/mol. The first-order valence-corrected chi connectivity index (χ1v) is 9.01. The third-order valence-corrected chi connectivity index (χ3v) is 5.30. The molecule has 0 amide bonds. The van der Waals surface area contributed by atoms with Crippen LogP contribution in [0, 0.1) is 0 Å². The number of anilines is 1. The lowest BCUT2D eigenvalue weighted by Gasteiger charge is -2.27. The third kappa shape index (κ3) is 3.02. The number of hydrogen-bond acceptors (Lipinski definition) is 5. The van der Waals surface area contributed by atoms with E-state index in [4.69, 9.17) is 4.74 Å².